The Morgan fingerprint density at radius 1 is 0.815 bits per heavy atom. The number of hydrogen-bond acceptors (Lipinski definition) is 3. The first-order valence-corrected chi connectivity index (χ1v) is 9.80. The van der Waals surface area contributed by atoms with Gasteiger partial charge in [0.05, 0.1) is 22.8 Å². The van der Waals surface area contributed by atoms with Crippen LogP contribution in [-0.4, -0.2) is 40.9 Å². The molecular formula is C23H28N4. The van der Waals surface area contributed by atoms with Crippen LogP contribution in [0.1, 0.15) is 29.9 Å². The molecule has 0 bridgehead atoms. The van der Waals surface area contributed by atoms with Gasteiger partial charge in [-0.1, -0.05) is 48.5 Å². The van der Waals surface area contributed by atoms with Crippen molar-refractivity contribution in [2.75, 3.05) is 31.1 Å². The van der Waals surface area contributed by atoms with Crippen molar-refractivity contribution in [1.82, 2.24) is 14.7 Å². The summed E-state index contributed by atoms with van der Waals surface area (Å²) < 4.78 is 2.07. The zero-order valence-electron chi connectivity index (χ0n) is 16.5. The fourth-order valence-electron chi connectivity index (χ4n) is 4.19. The summed E-state index contributed by atoms with van der Waals surface area (Å²) in [7, 11) is 0. The van der Waals surface area contributed by atoms with Gasteiger partial charge >= 0.3 is 0 Å². The third kappa shape index (κ3) is 3.50. The summed E-state index contributed by atoms with van der Waals surface area (Å²) in [5, 5.41) is 4.82. The number of nitrogens with zero attached hydrogens (tertiary/aromatic N) is 4. The van der Waals surface area contributed by atoms with E-state index in [0.717, 1.165) is 37.6 Å². The molecule has 27 heavy (non-hydrogen) atoms. The van der Waals surface area contributed by atoms with E-state index in [1.54, 1.807) is 0 Å². The third-order valence-electron chi connectivity index (χ3n) is 5.71. The molecule has 1 aliphatic heterocycles. The minimum Gasteiger partial charge on any atom is -0.366 e. The summed E-state index contributed by atoms with van der Waals surface area (Å²) in [5.41, 5.74) is 6.16. The molecule has 1 saturated heterocycles. The van der Waals surface area contributed by atoms with Crippen LogP contribution in [0, 0.1) is 13.8 Å². The van der Waals surface area contributed by atoms with Gasteiger partial charge in [0, 0.05) is 32.2 Å². The van der Waals surface area contributed by atoms with Crippen LogP contribution in [0.5, 0.6) is 0 Å². The molecule has 1 unspecified atom stereocenters. The van der Waals surface area contributed by atoms with Crippen molar-refractivity contribution in [2.24, 2.45) is 0 Å². The van der Waals surface area contributed by atoms with Gasteiger partial charge in [0.15, 0.2) is 0 Å². The molecule has 1 fully saturated rings. The van der Waals surface area contributed by atoms with Crippen LogP contribution < -0.4 is 4.90 Å². The first-order valence-electron chi connectivity index (χ1n) is 9.80. The highest BCUT2D eigenvalue weighted by molar-refractivity contribution is 5.57. The minimum absolute atomic E-state index is 0.461. The van der Waals surface area contributed by atoms with Crippen LogP contribution in [0.25, 0.3) is 5.69 Å². The molecule has 3 aromatic rings. The largest absolute Gasteiger partial charge is 0.366 e. The van der Waals surface area contributed by atoms with Crippen LogP contribution in [-0.2, 0) is 0 Å². The number of para-hydroxylation sites is 1. The highest BCUT2D eigenvalue weighted by atomic mass is 15.3. The Bertz CT molecular complexity index is 878. The van der Waals surface area contributed by atoms with E-state index in [1.165, 1.54) is 16.9 Å². The van der Waals surface area contributed by atoms with Gasteiger partial charge < -0.3 is 4.90 Å². The van der Waals surface area contributed by atoms with Crippen LogP contribution in [0.2, 0.25) is 0 Å². The van der Waals surface area contributed by atoms with Gasteiger partial charge in [-0.2, -0.15) is 5.10 Å². The fraction of sp³-hybridized carbons (Fsp3) is 0.348. The van der Waals surface area contributed by atoms with Gasteiger partial charge in [-0.15, -0.1) is 0 Å². The Balaban J connectivity index is 1.50. The Hall–Kier alpha value is -2.59. The molecular weight excluding hydrogens is 332 g/mol. The Kier molecular flexibility index (Phi) is 4.99. The number of anilines is 1. The lowest BCUT2D eigenvalue weighted by molar-refractivity contribution is 0.198. The molecule has 140 valence electrons. The summed E-state index contributed by atoms with van der Waals surface area (Å²) >= 11 is 0. The monoisotopic (exact) mass is 360 g/mol. The number of hydrogen-bond donors (Lipinski definition) is 0. The Labute approximate surface area is 162 Å². The molecule has 0 N–H and O–H groups in total. The molecule has 2 aromatic carbocycles. The molecule has 0 spiro atoms. The fourth-order valence-corrected chi connectivity index (χ4v) is 4.19. The van der Waals surface area contributed by atoms with Crippen molar-refractivity contribution < 1.29 is 0 Å². The minimum atomic E-state index is 0.461. The zero-order valence-corrected chi connectivity index (χ0v) is 16.5. The number of piperazine rings is 1. The molecule has 0 aliphatic carbocycles. The molecule has 4 nitrogen and oxygen atoms in total. The van der Waals surface area contributed by atoms with Gasteiger partial charge in [0.2, 0.25) is 0 Å². The van der Waals surface area contributed by atoms with E-state index >= 15 is 0 Å². The lowest BCUT2D eigenvalue weighted by Crippen LogP contribution is -2.47. The van der Waals surface area contributed by atoms with Crippen LogP contribution >= 0.6 is 0 Å². The molecule has 1 aliphatic rings. The van der Waals surface area contributed by atoms with E-state index in [4.69, 9.17) is 5.10 Å². The summed E-state index contributed by atoms with van der Waals surface area (Å²) in [4.78, 5) is 5.09. The second kappa shape index (κ2) is 7.57. The highest BCUT2D eigenvalue weighted by Crippen LogP contribution is 2.29. The molecule has 1 aromatic heterocycles. The summed E-state index contributed by atoms with van der Waals surface area (Å²) in [6.45, 7) is 10.9. The molecule has 0 amide bonds. The maximum atomic E-state index is 4.82. The van der Waals surface area contributed by atoms with Gasteiger partial charge in [-0.3, -0.25) is 4.90 Å². The predicted octanol–water partition coefficient (Wildman–Crippen LogP) is 4.37. The van der Waals surface area contributed by atoms with Crippen molar-refractivity contribution in [3.63, 3.8) is 0 Å². The number of benzene rings is 2. The van der Waals surface area contributed by atoms with Crippen LogP contribution in [0.15, 0.2) is 60.7 Å². The van der Waals surface area contributed by atoms with Gasteiger partial charge in [-0.25, -0.2) is 4.68 Å². The smallest absolute Gasteiger partial charge is 0.0834 e. The topological polar surface area (TPSA) is 24.3 Å². The lowest BCUT2D eigenvalue weighted by Gasteiger charge is -2.39. The molecule has 0 radical (unpaired) electrons. The maximum absolute atomic E-state index is 4.82. The van der Waals surface area contributed by atoms with Crippen molar-refractivity contribution >= 4 is 5.69 Å². The average Bonchev–Trinajstić information content (AvgIpc) is 3.03. The molecule has 2 heterocycles. The first kappa shape index (κ1) is 17.8. The van der Waals surface area contributed by atoms with Gasteiger partial charge in [0.25, 0.3) is 0 Å². The third-order valence-corrected chi connectivity index (χ3v) is 5.71. The van der Waals surface area contributed by atoms with Crippen molar-refractivity contribution in [3.8, 4) is 5.69 Å². The van der Waals surface area contributed by atoms with E-state index in [9.17, 15) is 0 Å². The zero-order chi connectivity index (χ0) is 18.8. The standard InChI is InChI=1S/C23H28N4/c1-18-23(20(3)27(24-18)22-12-8-5-9-13-22)26-16-14-25(15-17-26)19(2)21-10-6-4-7-11-21/h4-13,19H,14-17H2,1-3H3. The average molecular weight is 361 g/mol. The second-order valence-electron chi connectivity index (χ2n) is 7.38. The van der Waals surface area contributed by atoms with Crippen molar-refractivity contribution in [3.05, 3.63) is 77.6 Å². The molecule has 4 rings (SSSR count). The number of aromatic nitrogens is 2. The Morgan fingerprint density at radius 2 is 1.41 bits per heavy atom. The quantitative estimate of drug-likeness (QED) is 0.690. The SMILES string of the molecule is Cc1nn(-c2ccccc2)c(C)c1N1CCN(C(C)c2ccccc2)CC1. The summed E-state index contributed by atoms with van der Waals surface area (Å²) in [6, 6.07) is 21.7. The summed E-state index contributed by atoms with van der Waals surface area (Å²) in [5.74, 6) is 0. The van der Waals surface area contributed by atoms with Crippen molar-refractivity contribution in [2.45, 2.75) is 26.8 Å². The lowest BCUT2D eigenvalue weighted by atomic mass is 10.1. The van der Waals surface area contributed by atoms with E-state index in [-0.39, 0.29) is 0 Å². The molecule has 1 atom stereocenters. The van der Waals surface area contributed by atoms with E-state index in [0.29, 0.717) is 6.04 Å². The number of rotatable bonds is 4. The van der Waals surface area contributed by atoms with Crippen LogP contribution in [0.3, 0.4) is 0 Å². The molecule has 0 saturated carbocycles. The van der Waals surface area contributed by atoms with Gasteiger partial charge in [0.1, 0.15) is 0 Å². The maximum Gasteiger partial charge on any atom is 0.0834 e. The highest BCUT2D eigenvalue weighted by Gasteiger charge is 2.25. The summed E-state index contributed by atoms with van der Waals surface area (Å²) in [6.07, 6.45) is 0. The second-order valence-corrected chi connectivity index (χ2v) is 7.38. The van der Waals surface area contributed by atoms with Gasteiger partial charge in [-0.05, 0) is 38.5 Å². The van der Waals surface area contributed by atoms with Crippen LogP contribution in [0.4, 0.5) is 5.69 Å². The first-order chi connectivity index (χ1) is 13.1. The normalized spacial score (nSPS) is 16.5. The number of aryl methyl sites for hydroxylation is 1. The van der Waals surface area contributed by atoms with E-state index < -0.39 is 0 Å². The van der Waals surface area contributed by atoms with Crippen molar-refractivity contribution in [1.29, 1.82) is 0 Å². The predicted molar refractivity (Wildman–Crippen MR) is 112 cm³/mol. The molecule has 4 heteroatoms. The van der Waals surface area contributed by atoms with E-state index in [2.05, 4.69) is 89.9 Å². The van der Waals surface area contributed by atoms with E-state index in [1.807, 2.05) is 6.07 Å². The Morgan fingerprint density at radius 3 is 2.04 bits per heavy atom.